The molecule has 14 atom stereocenters. The van der Waals surface area contributed by atoms with E-state index in [1.807, 2.05) is 0 Å². The van der Waals surface area contributed by atoms with E-state index in [0.29, 0.717) is 12.8 Å². The number of phosphoric ester groups is 1. The van der Waals surface area contributed by atoms with Gasteiger partial charge in [-0.1, -0.05) is 155 Å². The van der Waals surface area contributed by atoms with Gasteiger partial charge < -0.3 is 64.7 Å². The molecule has 1 saturated carbocycles. The highest BCUT2D eigenvalue weighted by molar-refractivity contribution is 7.47. The van der Waals surface area contributed by atoms with Crippen LogP contribution in [0.2, 0.25) is 0 Å². The van der Waals surface area contributed by atoms with Gasteiger partial charge in [0.05, 0.1) is 13.2 Å². The molecular formula is C50H93O18P. The Bertz CT molecular complexity index is 1410. The normalized spacial score (nSPS) is 28.1. The summed E-state index contributed by atoms with van der Waals surface area (Å²) in [7, 11) is -5.38. The lowest BCUT2D eigenvalue weighted by Gasteiger charge is -2.47. The van der Waals surface area contributed by atoms with Gasteiger partial charge >= 0.3 is 19.8 Å². The summed E-state index contributed by atoms with van der Waals surface area (Å²) in [5.41, 5.74) is 0. The Balaban J connectivity index is 1.96. The molecule has 2 aliphatic rings. The summed E-state index contributed by atoms with van der Waals surface area (Å²) in [6, 6.07) is 0. The number of esters is 2. The van der Waals surface area contributed by atoms with Gasteiger partial charge in [0.15, 0.2) is 12.4 Å². The fourth-order valence-corrected chi connectivity index (χ4v) is 9.62. The zero-order valence-corrected chi connectivity index (χ0v) is 42.9. The number of aliphatic hydroxyl groups excluding tert-OH is 8. The summed E-state index contributed by atoms with van der Waals surface area (Å²) in [4.78, 5) is 36.6. The van der Waals surface area contributed by atoms with Crippen molar-refractivity contribution in [1.82, 2.24) is 0 Å². The van der Waals surface area contributed by atoms with Crippen LogP contribution in [0.1, 0.15) is 194 Å². The largest absolute Gasteiger partial charge is 0.472 e. The van der Waals surface area contributed by atoms with Crippen molar-refractivity contribution in [1.29, 1.82) is 0 Å². The van der Waals surface area contributed by atoms with Crippen LogP contribution in [0.4, 0.5) is 0 Å². The molecule has 0 aromatic rings. The van der Waals surface area contributed by atoms with Crippen molar-refractivity contribution in [3.63, 3.8) is 0 Å². The van der Waals surface area contributed by atoms with Crippen LogP contribution in [-0.4, -0.2) is 151 Å². The van der Waals surface area contributed by atoms with Crippen molar-refractivity contribution in [2.24, 2.45) is 5.92 Å². The molecule has 1 aliphatic carbocycles. The molecule has 19 heteroatoms. The van der Waals surface area contributed by atoms with E-state index in [1.54, 1.807) is 0 Å². The van der Waals surface area contributed by atoms with Crippen molar-refractivity contribution in [2.45, 2.75) is 268 Å². The van der Waals surface area contributed by atoms with Crippen molar-refractivity contribution < 1.29 is 87.9 Å². The van der Waals surface area contributed by atoms with Gasteiger partial charge in [-0.25, -0.2) is 4.57 Å². The lowest BCUT2D eigenvalue weighted by molar-refractivity contribution is -0.338. The maximum absolute atomic E-state index is 13.4. The van der Waals surface area contributed by atoms with Gasteiger partial charge in [0.25, 0.3) is 0 Å². The van der Waals surface area contributed by atoms with Crippen LogP contribution >= 0.6 is 7.82 Å². The van der Waals surface area contributed by atoms with Gasteiger partial charge in [-0.3, -0.25) is 18.6 Å². The summed E-state index contributed by atoms with van der Waals surface area (Å²) in [5, 5.41) is 83.0. The number of allylic oxidation sites excluding steroid dienone is 2. The molecule has 0 spiro atoms. The summed E-state index contributed by atoms with van der Waals surface area (Å²) in [6.07, 6.45) is 8.69. The molecule has 69 heavy (non-hydrogen) atoms. The molecule has 1 saturated heterocycles. The molecule has 406 valence electrons. The minimum Gasteiger partial charge on any atom is -0.462 e. The third-order valence-corrected chi connectivity index (χ3v) is 14.1. The third-order valence-electron chi connectivity index (χ3n) is 13.1. The fraction of sp³-hybridized carbons (Fsp3) is 0.920. The molecule has 0 amide bonds. The van der Waals surface area contributed by atoms with Gasteiger partial charge in [-0.15, -0.1) is 0 Å². The van der Waals surface area contributed by atoms with E-state index < -0.39 is 113 Å². The minimum atomic E-state index is -5.38. The second kappa shape index (κ2) is 37.2. The SMILES string of the molecule is CCCCCCCC/C=C\CCCCCC(=O)OCC(COP(=O)(O)OC1C(O)C(O)C(O)C(O)C1OC1OC(CO)C(O)C(O)C1O)OC(=O)CCCCCCCCC(C)CCCCCCCC. The summed E-state index contributed by atoms with van der Waals surface area (Å²) in [6.45, 7) is 4.54. The van der Waals surface area contributed by atoms with Crippen LogP contribution in [0.25, 0.3) is 0 Å². The molecule has 14 unspecified atom stereocenters. The molecule has 18 nitrogen and oxygen atoms in total. The predicted octanol–water partition coefficient (Wildman–Crippen LogP) is 6.35. The van der Waals surface area contributed by atoms with Gasteiger partial charge in [-0.2, -0.15) is 0 Å². The van der Waals surface area contributed by atoms with Gasteiger partial charge in [0.2, 0.25) is 0 Å². The van der Waals surface area contributed by atoms with Crippen molar-refractivity contribution in [3.8, 4) is 0 Å². The topological polar surface area (TPSA) is 289 Å². The molecule has 2 rings (SSSR count). The zero-order chi connectivity index (χ0) is 51.0. The van der Waals surface area contributed by atoms with Crippen LogP contribution in [-0.2, 0) is 42.1 Å². The first-order chi connectivity index (χ1) is 33.1. The predicted molar refractivity (Wildman–Crippen MR) is 258 cm³/mol. The van der Waals surface area contributed by atoms with E-state index in [1.165, 1.54) is 96.3 Å². The average molecular weight is 1010 g/mol. The van der Waals surface area contributed by atoms with Gasteiger partial charge in [0.1, 0.15) is 67.6 Å². The number of ether oxygens (including phenoxy) is 4. The van der Waals surface area contributed by atoms with E-state index >= 15 is 0 Å². The highest BCUT2D eigenvalue weighted by Crippen LogP contribution is 2.48. The number of hydrogen-bond donors (Lipinski definition) is 9. The fourth-order valence-electron chi connectivity index (χ4n) is 8.65. The summed E-state index contributed by atoms with van der Waals surface area (Å²) in [5.74, 6) is -0.512. The van der Waals surface area contributed by atoms with E-state index in [0.717, 1.165) is 57.3 Å². The summed E-state index contributed by atoms with van der Waals surface area (Å²) < 4.78 is 45.5. The number of carbonyl (C=O) groups excluding carboxylic acids is 2. The number of hydrogen-bond acceptors (Lipinski definition) is 17. The van der Waals surface area contributed by atoms with Crippen molar-refractivity contribution in [3.05, 3.63) is 12.2 Å². The van der Waals surface area contributed by atoms with E-state index in [-0.39, 0.29) is 12.8 Å². The van der Waals surface area contributed by atoms with Gasteiger partial charge in [-0.05, 0) is 44.4 Å². The molecule has 9 N–H and O–H groups in total. The van der Waals surface area contributed by atoms with E-state index in [9.17, 15) is 59.9 Å². The Morgan fingerprint density at radius 3 is 1.59 bits per heavy atom. The van der Waals surface area contributed by atoms with Crippen LogP contribution < -0.4 is 0 Å². The van der Waals surface area contributed by atoms with Crippen LogP contribution in [0.3, 0.4) is 0 Å². The molecule has 0 radical (unpaired) electrons. The Morgan fingerprint density at radius 1 is 0.580 bits per heavy atom. The first-order valence-electron chi connectivity index (χ1n) is 26.4. The zero-order valence-electron chi connectivity index (χ0n) is 42.0. The number of aliphatic hydroxyl groups is 8. The van der Waals surface area contributed by atoms with E-state index in [2.05, 4.69) is 32.9 Å². The van der Waals surface area contributed by atoms with Crippen LogP contribution in [0.15, 0.2) is 12.2 Å². The maximum atomic E-state index is 13.4. The quantitative estimate of drug-likeness (QED) is 0.0140. The Kier molecular flexibility index (Phi) is 34.2. The number of phosphoric acid groups is 1. The molecule has 1 heterocycles. The maximum Gasteiger partial charge on any atom is 0.472 e. The monoisotopic (exact) mass is 1010 g/mol. The Hall–Kier alpha value is -1.61. The molecule has 0 bridgehead atoms. The first kappa shape index (κ1) is 63.5. The average Bonchev–Trinajstić information content (AvgIpc) is 3.32. The number of carbonyl (C=O) groups is 2. The second-order valence-electron chi connectivity index (χ2n) is 19.3. The second-order valence-corrected chi connectivity index (χ2v) is 20.7. The van der Waals surface area contributed by atoms with Gasteiger partial charge in [0, 0.05) is 12.8 Å². The molecule has 0 aromatic carbocycles. The molecule has 1 aliphatic heterocycles. The van der Waals surface area contributed by atoms with Crippen molar-refractivity contribution in [2.75, 3.05) is 19.8 Å². The highest BCUT2D eigenvalue weighted by atomic mass is 31.2. The first-order valence-corrected chi connectivity index (χ1v) is 27.9. The summed E-state index contributed by atoms with van der Waals surface area (Å²) >= 11 is 0. The molecule has 2 fully saturated rings. The Morgan fingerprint density at radius 2 is 1.04 bits per heavy atom. The highest BCUT2D eigenvalue weighted by Gasteiger charge is 2.55. The lowest BCUT2D eigenvalue weighted by atomic mass is 9.84. The van der Waals surface area contributed by atoms with Crippen LogP contribution in [0.5, 0.6) is 0 Å². The lowest BCUT2D eigenvalue weighted by Crippen LogP contribution is -2.67. The smallest absolute Gasteiger partial charge is 0.462 e. The van der Waals surface area contributed by atoms with Crippen LogP contribution in [0, 0.1) is 5.92 Å². The third kappa shape index (κ3) is 26.3. The number of rotatable bonds is 40. The molecule has 0 aromatic heterocycles. The standard InChI is InChI=1S/C50H93O18P/c1-4-6-8-10-12-13-14-15-16-17-18-23-27-31-39(52)63-34-37(65-40(53)32-28-24-20-19-22-26-30-36(3)29-25-21-11-9-7-5-2)35-64-69(61,62)68-49-46(59)44(57)43(56)45(58)48(49)67-50-47(60)42(55)41(54)38(33-51)66-50/h15-16,36-38,41-51,54-60H,4-14,17-35H2,1-3H3,(H,61,62)/b16-15-. The number of unbranched alkanes of at least 4 members (excludes halogenated alkanes) is 19. The molecular weight excluding hydrogens is 920 g/mol. The van der Waals surface area contributed by atoms with Crippen molar-refractivity contribution >= 4 is 19.8 Å². The Labute approximate surface area is 412 Å². The van der Waals surface area contributed by atoms with E-state index in [4.69, 9.17) is 28.0 Å². The minimum absolute atomic E-state index is 0.0315.